The Morgan fingerprint density at radius 1 is 1.16 bits per heavy atom. The van der Waals surface area contributed by atoms with E-state index in [0.717, 1.165) is 33.4 Å². The van der Waals surface area contributed by atoms with Gasteiger partial charge in [0.05, 0.1) is 29.0 Å². The topological polar surface area (TPSA) is 51.0 Å². The first-order chi connectivity index (χ1) is 14.9. The van der Waals surface area contributed by atoms with E-state index in [1.165, 1.54) is 12.1 Å². The molecule has 5 nitrogen and oxygen atoms in total. The van der Waals surface area contributed by atoms with Gasteiger partial charge in [0, 0.05) is 30.7 Å². The summed E-state index contributed by atoms with van der Waals surface area (Å²) >= 11 is 0. The number of hydrogen-bond acceptors (Lipinski definition) is 3. The molecule has 4 aromatic rings. The zero-order chi connectivity index (χ0) is 22.1. The van der Waals surface area contributed by atoms with Crippen LogP contribution in [0.25, 0.3) is 22.2 Å². The van der Waals surface area contributed by atoms with Crippen molar-refractivity contribution in [3.05, 3.63) is 83.4 Å². The van der Waals surface area contributed by atoms with E-state index < -0.39 is 0 Å². The van der Waals surface area contributed by atoms with Crippen LogP contribution in [0.2, 0.25) is 0 Å². The van der Waals surface area contributed by atoms with Crippen molar-refractivity contribution in [3.8, 4) is 11.3 Å². The van der Waals surface area contributed by atoms with Crippen LogP contribution in [0.5, 0.6) is 0 Å². The van der Waals surface area contributed by atoms with E-state index in [1.807, 2.05) is 51.2 Å². The zero-order valence-electron chi connectivity index (χ0n) is 18.1. The highest BCUT2D eigenvalue weighted by Crippen LogP contribution is 2.30. The summed E-state index contributed by atoms with van der Waals surface area (Å²) in [5, 5.41) is 5.13. The number of fused-ring (bicyclic) bond motifs is 1. The standard InChI is InChI=1S/C25H25FN4O/c1-5-24(17-10-12-18(26)13-11-17)29(3)25(31)20-14-23(21-15-27-30(4)16(21)2)28-22-9-7-6-8-19(20)22/h6-15,24H,5H2,1-4H3. The molecule has 0 saturated heterocycles. The number of carbonyl (C=O) groups excluding carboxylic acids is 1. The molecular weight excluding hydrogens is 391 g/mol. The predicted octanol–water partition coefficient (Wildman–Crippen LogP) is 5.31. The van der Waals surface area contributed by atoms with Crippen LogP contribution in [0.1, 0.15) is 41.0 Å². The van der Waals surface area contributed by atoms with Crippen LogP contribution in [0.4, 0.5) is 4.39 Å². The van der Waals surface area contributed by atoms with Gasteiger partial charge in [-0.2, -0.15) is 5.10 Å². The van der Waals surface area contributed by atoms with Crippen molar-refractivity contribution < 1.29 is 9.18 Å². The van der Waals surface area contributed by atoms with Gasteiger partial charge in [-0.25, -0.2) is 9.37 Å². The maximum Gasteiger partial charge on any atom is 0.254 e. The Labute approximate surface area is 181 Å². The summed E-state index contributed by atoms with van der Waals surface area (Å²) in [6.07, 6.45) is 2.49. The van der Waals surface area contributed by atoms with Crippen LogP contribution >= 0.6 is 0 Å². The Balaban J connectivity index is 1.81. The predicted molar refractivity (Wildman–Crippen MR) is 120 cm³/mol. The normalized spacial score (nSPS) is 12.2. The molecule has 0 radical (unpaired) electrons. The van der Waals surface area contributed by atoms with Gasteiger partial charge in [0.1, 0.15) is 5.82 Å². The number of para-hydroxylation sites is 1. The highest BCUT2D eigenvalue weighted by molar-refractivity contribution is 6.07. The molecule has 0 aliphatic carbocycles. The van der Waals surface area contributed by atoms with Gasteiger partial charge in [0.2, 0.25) is 0 Å². The number of halogens is 1. The summed E-state index contributed by atoms with van der Waals surface area (Å²) in [5.74, 6) is -0.387. The minimum absolute atomic E-state index is 0.0995. The number of carbonyl (C=O) groups is 1. The number of amides is 1. The SMILES string of the molecule is CCC(c1ccc(F)cc1)N(C)C(=O)c1cc(-c2cnn(C)c2C)nc2ccccc12. The maximum atomic E-state index is 13.7. The third-order valence-electron chi connectivity index (χ3n) is 5.89. The molecule has 4 rings (SSSR count). The Kier molecular flexibility index (Phi) is 5.55. The number of benzene rings is 2. The molecule has 2 aromatic carbocycles. The Hall–Kier alpha value is -3.54. The molecule has 2 heterocycles. The average molecular weight is 417 g/mol. The molecule has 0 bridgehead atoms. The quantitative estimate of drug-likeness (QED) is 0.443. The van der Waals surface area contributed by atoms with Gasteiger partial charge in [-0.1, -0.05) is 37.3 Å². The van der Waals surface area contributed by atoms with Crippen molar-refractivity contribution in [1.82, 2.24) is 19.7 Å². The molecule has 0 N–H and O–H groups in total. The van der Waals surface area contributed by atoms with E-state index in [-0.39, 0.29) is 17.8 Å². The summed E-state index contributed by atoms with van der Waals surface area (Å²) in [7, 11) is 3.68. The number of hydrogen-bond donors (Lipinski definition) is 0. The molecule has 31 heavy (non-hydrogen) atoms. The summed E-state index contributed by atoms with van der Waals surface area (Å²) in [4.78, 5) is 20.2. The van der Waals surface area contributed by atoms with Gasteiger partial charge in [0.25, 0.3) is 5.91 Å². The van der Waals surface area contributed by atoms with Crippen molar-refractivity contribution in [2.45, 2.75) is 26.3 Å². The fraction of sp³-hybridized carbons (Fsp3) is 0.240. The van der Waals surface area contributed by atoms with Crippen LogP contribution in [0.3, 0.4) is 0 Å². The molecule has 6 heteroatoms. The third-order valence-corrected chi connectivity index (χ3v) is 5.89. The van der Waals surface area contributed by atoms with Crippen LogP contribution in [0.15, 0.2) is 60.8 Å². The lowest BCUT2D eigenvalue weighted by Crippen LogP contribution is -2.31. The van der Waals surface area contributed by atoms with Gasteiger partial charge in [-0.15, -0.1) is 0 Å². The number of aryl methyl sites for hydroxylation is 1. The first kappa shape index (κ1) is 20.7. The van der Waals surface area contributed by atoms with E-state index in [1.54, 1.807) is 35.0 Å². The van der Waals surface area contributed by atoms with Gasteiger partial charge >= 0.3 is 0 Å². The van der Waals surface area contributed by atoms with E-state index >= 15 is 0 Å². The van der Waals surface area contributed by atoms with Crippen molar-refractivity contribution in [2.75, 3.05) is 7.05 Å². The summed E-state index contributed by atoms with van der Waals surface area (Å²) in [5.41, 5.74) is 4.85. The van der Waals surface area contributed by atoms with Crippen molar-refractivity contribution >= 4 is 16.8 Å². The number of aromatic nitrogens is 3. The van der Waals surface area contributed by atoms with E-state index in [2.05, 4.69) is 5.10 Å². The molecule has 0 saturated carbocycles. The summed E-state index contributed by atoms with van der Waals surface area (Å²) in [6, 6.07) is 15.7. The van der Waals surface area contributed by atoms with Crippen LogP contribution in [-0.2, 0) is 7.05 Å². The second-order valence-corrected chi connectivity index (χ2v) is 7.73. The van der Waals surface area contributed by atoms with Crippen LogP contribution in [0, 0.1) is 12.7 Å². The molecular formula is C25H25FN4O. The first-order valence-electron chi connectivity index (χ1n) is 10.3. The molecule has 0 fully saturated rings. The molecule has 0 aliphatic heterocycles. The smallest absolute Gasteiger partial charge is 0.254 e. The number of nitrogens with zero attached hydrogens (tertiary/aromatic N) is 4. The zero-order valence-corrected chi connectivity index (χ0v) is 18.1. The molecule has 1 atom stereocenters. The van der Waals surface area contributed by atoms with Crippen LogP contribution in [-0.4, -0.2) is 32.6 Å². The number of rotatable bonds is 5. The summed E-state index contributed by atoms with van der Waals surface area (Å²) in [6.45, 7) is 4.00. The second-order valence-electron chi connectivity index (χ2n) is 7.73. The van der Waals surface area contributed by atoms with E-state index in [4.69, 9.17) is 4.98 Å². The van der Waals surface area contributed by atoms with Crippen molar-refractivity contribution in [2.24, 2.45) is 7.05 Å². The minimum atomic E-state index is -0.288. The third kappa shape index (κ3) is 3.81. The number of pyridine rings is 1. The lowest BCUT2D eigenvalue weighted by Gasteiger charge is -2.28. The van der Waals surface area contributed by atoms with E-state index in [0.29, 0.717) is 12.0 Å². The largest absolute Gasteiger partial charge is 0.335 e. The monoisotopic (exact) mass is 416 g/mol. The van der Waals surface area contributed by atoms with Crippen LogP contribution < -0.4 is 0 Å². The molecule has 2 aromatic heterocycles. The molecule has 0 aliphatic rings. The Morgan fingerprint density at radius 3 is 2.52 bits per heavy atom. The highest BCUT2D eigenvalue weighted by atomic mass is 19.1. The van der Waals surface area contributed by atoms with Gasteiger partial charge in [-0.05, 0) is 43.2 Å². The highest BCUT2D eigenvalue weighted by Gasteiger charge is 2.24. The van der Waals surface area contributed by atoms with E-state index in [9.17, 15) is 9.18 Å². The second kappa shape index (κ2) is 8.30. The Morgan fingerprint density at radius 2 is 1.87 bits per heavy atom. The maximum absolute atomic E-state index is 13.7. The van der Waals surface area contributed by atoms with Gasteiger partial charge in [-0.3, -0.25) is 9.48 Å². The molecule has 0 spiro atoms. The fourth-order valence-electron chi connectivity index (χ4n) is 3.99. The minimum Gasteiger partial charge on any atom is -0.335 e. The lowest BCUT2D eigenvalue weighted by molar-refractivity contribution is 0.0728. The summed E-state index contributed by atoms with van der Waals surface area (Å²) < 4.78 is 15.2. The molecule has 1 unspecified atom stereocenters. The van der Waals surface area contributed by atoms with Gasteiger partial charge < -0.3 is 4.90 Å². The lowest BCUT2D eigenvalue weighted by atomic mass is 10.00. The van der Waals surface area contributed by atoms with Gasteiger partial charge in [0.15, 0.2) is 0 Å². The van der Waals surface area contributed by atoms with Crippen molar-refractivity contribution in [1.29, 1.82) is 0 Å². The Bertz CT molecular complexity index is 1250. The average Bonchev–Trinajstić information content (AvgIpc) is 3.12. The molecule has 158 valence electrons. The van der Waals surface area contributed by atoms with Crippen molar-refractivity contribution in [3.63, 3.8) is 0 Å². The fourth-order valence-corrected chi connectivity index (χ4v) is 3.99. The molecule has 1 amide bonds. The first-order valence-corrected chi connectivity index (χ1v) is 10.3.